The molecule has 2 unspecified atom stereocenters. The molecule has 2 atom stereocenters. The van der Waals surface area contributed by atoms with E-state index < -0.39 is 11.0 Å². The molecule has 0 spiro atoms. The van der Waals surface area contributed by atoms with E-state index in [1.807, 2.05) is 36.4 Å². The van der Waals surface area contributed by atoms with Crippen molar-refractivity contribution in [2.45, 2.75) is 32.3 Å². The van der Waals surface area contributed by atoms with Crippen LogP contribution in [0.3, 0.4) is 0 Å². The molecule has 11 heteroatoms. The number of nitro benzene ring substituents is 1. The van der Waals surface area contributed by atoms with E-state index in [2.05, 4.69) is 10.6 Å². The van der Waals surface area contributed by atoms with Crippen molar-refractivity contribution in [3.8, 4) is 11.1 Å². The number of carbonyl (C=O) groups excluding carboxylic acids is 4. The number of amides is 4. The lowest BCUT2D eigenvalue weighted by atomic mass is 10.1. The molecule has 0 bridgehead atoms. The predicted octanol–water partition coefficient (Wildman–Crippen LogP) is 3.76. The smallest absolute Gasteiger partial charge is 0.269 e. The molecule has 42 heavy (non-hydrogen) atoms. The molecule has 216 valence electrons. The van der Waals surface area contributed by atoms with Crippen LogP contribution in [0.2, 0.25) is 0 Å². The monoisotopic (exact) mass is 570 g/mol. The molecule has 0 radical (unpaired) electrons. The molecule has 2 N–H and O–H groups in total. The third kappa shape index (κ3) is 6.21. The van der Waals surface area contributed by atoms with Crippen molar-refractivity contribution in [1.29, 1.82) is 0 Å². The van der Waals surface area contributed by atoms with Gasteiger partial charge in [-0.2, -0.15) is 0 Å². The Morgan fingerprint density at radius 1 is 1.00 bits per heavy atom. The highest BCUT2D eigenvalue weighted by Crippen LogP contribution is 2.46. The molecule has 4 amide bonds. The van der Waals surface area contributed by atoms with Crippen LogP contribution in [0.5, 0.6) is 0 Å². The predicted molar refractivity (Wildman–Crippen MR) is 153 cm³/mol. The number of nitro groups is 1. The molecule has 5 rings (SSSR count). The standard InChI is InChI=1S/C31H30N4O7/c1-19-16-29(38)34(31(19)39)15-13-27(36)33-21-8-11-24-23-4-2-3-5-25(23)30(26(24)17-21)42-18-28(37)32-14-12-20-6-9-22(10-7-20)35(40)41/h2-11,17,19,30H,12-16,18H2,1H3,(H,32,37)(H,33,36). The molecular formula is C31H30N4O7. The normalized spacial score (nSPS) is 17.1. The second kappa shape index (κ2) is 12.3. The molecule has 1 aliphatic carbocycles. The molecule has 0 aromatic heterocycles. The Morgan fingerprint density at radius 2 is 1.74 bits per heavy atom. The summed E-state index contributed by atoms with van der Waals surface area (Å²) >= 11 is 0. The van der Waals surface area contributed by atoms with E-state index in [1.54, 1.807) is 25.1 Å². The van der Waals surface area contributed by atoms with Crippen LogP contribution >= 0.6 is 0 Å². The Labute approximate surface area is 242 Å². The molecule has 1 fully saturated rings. The van der Waals surface area contributed by atoms with Crippen LogP contribution in [0.4, 0.5) is 11.4 Å². The minimum Gasteiger partial charge on any atom is -0.359 e. The molecule has 1 aliphatic heterocycles. The maximum Gasteiger partial charge on any atom is 0.269 e. The first-order chi connectivity index (χ1) is 20.2. The fraction of sp³-hybridized carbons (Fsp3) is 0.290. The molecule has 1 heterocycles. The van der Waals surface area contributed by atoms with Gasteiger partial charge in [0.15, 0.2) is 0 Å². The molecule has 11 nitrogen and oxygen atoms in total. The number of fused-ring (bicyclic) bond motifs is 3. The number of nitrogens with one attached hydrogen (secondary N) is 2. The number of rotatable bonds is 11. The summed E-state index contributed by atoms with van der Waals surface area (Å²) in [5, 5.41) is 16.5. The molecule has 0 saturated carbocycles. The topological polar surface area (TPSA) is 148 Å². The number of nitrogens with zero attached hydrogens (tertiary/aromatic N) is 2. The van der Waals surface area contributed by atoms with Gasteiger partial charge >= 0.3 is 0 Å². The molecule has 3 aromatic carbocycles. The second-order valence-corrected chi connectivity index (χ2v) is 10.4. The summed E-state index contributed by atoms with van der Waals surface area (Å²) in [5.74, 6) is -1.49. The fourth-order valence-electron chi connectivity index (χ4n) is 5.28. The van der Waals surface area contributed by atoms with Gasteiger partial charge in [0.1, 0.15) is 12.7 Å². The zero-order chi connectivity index (χ0) is 29.8. The molecule has 3 aromatic rings. The van der Waals surface area contributed by atoms with E-state index in [4.69, 9.17) is 4.74 Å². The van der Waals surface area contributed by atoms with Crippen LogP contribution in [0.15, 0.2) is 66.7 Å². The number of imide groups is 1. The van der Waals surface area contributed by atoms with Crippen LogP contribution in [-0.4, -0.2) is 53.1 Å². The number of carbonyl (C=O) groups is 4. The van der Waals surface area contributed by atoms with Crippen LogP contribution in [0.25, 0.3) is 11.1 Å². The van der Waals surface area contributed by atoms with Crippen molar-refractivity contribution in [1.82, 2.24) is 10.2 Å². The number of likely N-dealkylation sites (tertiary alicyclic amines) is 1. The van der Waals surface area contributed by atoms with Crippen molar-refractivity contribution in [3.05, 3.63) is 93.5 Å². The second-order valence-electron chi connectivity index (χ2n) is 10.4. The first-order valence-corrected chi connectivity index (χ1v) is 13.7. The Hall–Kier alpha value is -4.90. The highest BCUT2D eigenvalue weighted by atomic mass is 16.6. The summed E-state index contributed by atoms with van der Waals surface area (Å²) in [6, 6.07) is 19.4. The summed E-state index contributed by atoms with van der Waals surface area (Å²) in [7, 11) is 0. The van der Waals surface area contributed by atoms with Gasteiger partial charge in [-0.15, -0.1) is 0 Å². The summed E-state index contributed by atoms with van der Waals surface area (Å²) in [6.07, 6.45) is 0.155. The van der Waals surface area contributed by atoms with Gasteiger partial charge in [-0.3, -0.25) is 34.2 Å². The quantitative estimate of drug-likeness (QED) is 0.203. The Balaban J connectivity index is 1.18. The average Bonchev–Trinajstić information content (AvgIpc) is 3.41. The number of hydrogen-bond donors (Lipinski definition) is 2. The van der Waals surface area contributed by atoms with Gasteiger partial charge < -0.3 is 15.4 Å². The third-order valence-electron chi connectivity index (χ3n) is 7.45. The van der Waals surface area contributed by atoms with Gasteiger partial charge in [0, 0.05) is 49.7 Å². The van der Waals surface area contributed by atoms with Gasteiger partial charge in [-0.25, -0.2) is 0 Å². The molecular weight excluding hydrogens is 540 g/mol. The van der Waals surface area contributed by atoms with Crippen LogP contribution in [0, 0.1) is 16.0 Å². The van der Waals surface area contributed by atoms with Gasteiger partial charge in [0.2, 0.25) is 23.6 Å². The van der Waals surface area contributed by atoms with E-state index in [1.165, 1.54) is 12.1 Å². The van der Waals surface area contributed by atoms with Crippen molar-refractivity contribution in [3.63, 3.8) is 0 Å². The number of anilines is 1. The van der Waals surface area contributed by atoms with E-state index in [9.17, 15) is 29.3 Å². The van der Waals surface area contributed by atoms with E-state index in [0.717, 1.165) is 32.7 Å². The summed E-state index contributed by atoms with van der Waals surface area (Å²) < 4.78 is 6.09. The number of non-ortho nitro benzene ring substituents is 1. The van der Waals surface area contributed by atoms with Crippen molar-refractivity contribution >= 4 is 35.0 Å². The van der Waals surface area contributed by atoms with E-state index in [0.29, 0.717) is 18.7 Å². The average molecular weight is 571 g/mol. The SMILES string of the molecule is CC1CC(=O)N(CCC(=O)Nc2ccc3c(c2)C(OCC(=O)NCCc2ccc([N+](=O)[O-])cc2)c2ccccc2-3)C1=O. The highest BCUT2D eigenvalue weighted by Gasteiger charge is 2.35. The maximum absolute atomic E-state index is 12.7. The highest BCUT2D eigenvalue weighted by molar-refractivity contribution is 6.03. The summed E-state index contributed by atoms with van der Waals surface area (Å²) in [5.41, 5.74) is 5.06. The summed E-state index contributed by atoms with van der Waals surface area (Å²) in [4.78, 5) is 60.9. The van der Waals surface area contributed by atoms with Crippen LogP contribution in [-0.2, 0) is 30.3 Å². The lowest BCUT2D eigenvalue weighted by Crippen LogP contribution is -2.33. The van der Waals surface area contributed by atoms with E-state index in [-0.39, 0.29) is 61.2 Å². The third-order valence-corrected chi connectivity index (χ3v) is 7.45. The summed E-state index contributed by atoms with van der Waals surface area (Å²) in [6.45, 7) is 1.90. The van der Waals surface area contributed by atoms with Gasteiger partial charge in [-0.1, -0.05) is 49.4 Å². The fourth-order valence-corrected chi connectivity index (χ4v) is 5.28. The van der Waals surface area contributed by atoms with Crippen LogP contribution in [0.1, 0.15) is 42.6 Å². The lowest BCUT2D eigenvalue weighted by Gasteiger charge is -2.16. The van der Waals surface area contributed by atoms with Gasteiger partial charge in [0.05, 0.1) is 4.92 Å². The van der Waals surface area contributed by atoms with E-state index >= 15 is 0 Å². The maximum atomic E-state index is 12.7. The minimum atomic E-state index is -0.519. The number of ether oxygens (including phenoxy) is 1. The zero-order valence-electron chi connectivity index (χ0n) is 23.0. The number of hydrogen-bond acceptors (Lipinski definition) is 7. The lowest BCUT2D eigenvalue weighted by molar-refractivity contribution is -0.384. The Bertz CT molecular complexity index is 1550. The zero-order valence-corrected chi connectivity index (χ0v) is 23.0. The van der Waals surface area contributed by atoms with Gasteiger partial charge in [0.25, 0.3) is 5.69 Å². The Morgan fingerprint density at radius 3 is 2.45 bits per heavy atom. The number of benzene rings is 3. The first kappa shape index (κ1) is 28.6. The minimum absolute atomic E-state index is 0.0124. The molecule has 1 saturated heterocycles. The van der Waals surface area contributed by atoms with Crippen LogP contribution < -0.4 is 10.6 Å². The van der Waals surface area contributed by atoms with Crippen molar-refractivity contribution in [2.75, 3.05) is 25.0 Å². The largest absolute Gasteiger partial charge is 0.359 e. The first-order valence-electron chi connectivity index (χ1n) is 13.7. The Kier molecular flexibility index (Phi) is 8.39. The van der Waals surface area contributed by atoms with Crippen molar-refractivity contribution in [2.24, 2.45) is 5.92 Å². The molecule has 2 aliphatic rings. The van der Waals surface area contributed by atoms with Crippen molar-refractivity contribution < 1.29 is 28.8 Å². The van der Waals surface area contributed by atoms with Gasteiger partial charge in [-0.05, 0) is 46.4 Å².